The minimum Gasteiger partial charge on any atom is -0.496 e. The first kappa shape index (κ1) is 12.6. The van der Waals surface area contributed by atoms with Crippen molar-refractivity contribution in [3.05, 3.63) is 29.3 Å². The van der Waals surface area contributed by atoms with E-state index in [0.29, 0.717) is 11.3 Å². The van der Waals surface area contributed by atoms with E-state index in [2.05, 4.69) is 25.5 Å². The Bertz CT molecular complexity index is 389. The van der Waals surface area contributed by atoms with E-state index in [9.17, 15) is 4.79 Å². The lowest BCUT2D eigenvalue weighted by Crippen LogP contribution is -2.12. The number of rotatable bonds is 2. The van der Waals surface area contributed by atoms with Crippen LogP contribution in [0.3, 0.4) is 0 Å². The van der Waals surface area contributed by atoms with E-state index < -0.39 is 0 Å². The van der Waals surface area contributed by atoms with E-state index in [4.69, 9.17) is 4.74 Å². The highest BCUT2D eigenvalue weighted by atomic mass is 16.5. The molecule has 3 heteroatoms. The molecule has 0 amide bonds. The summed E-state index contributed by atoms with van der Waals surface area (Å²) >= 11 is 0. The fraction of sp³-hybridized carbons (Fsp3) is 0.462. The van der Waals surface area contributed by atoms with Gasteiger partial charge >= 0.3 is 5.97 Å². The summed E-state index contributed by atoms with van der Waals surface area (Å²) in [6.45, 7) is 6.33. The van der Waals surface area contributed by atoms with Gasteiger partial charge in [-0.1, -0.05) is 26.8 Å². The number of carbonyl (C=O) groups excluding carboxylic acids is 1. The molecule has 1 aromatic carbocycles. The largest absolute Gasteiger partial charge is 0.496 e. The van der Waals surface area contributed by atoms with Crippen LogP contribution in [-0.4, -0.2) is 20.2 Å². The monoisotopic (exact) mass is 222 g/mol. The van der Waals surface area contributed by atoms with Crippen LogP contribution in [0.2, 0.25) is 0 Å². The van der Waals surface area contributed by atoms with Gasteiger partial charge in [0.15, 0.2) is 0 Å². The molecule has 3 nitrogen and oxygen atoms in total. The van der Waals surface area contributed by atoms with Crippen LogP contribution in [0, 0.1) is 0 Å². The SMILES string of the molecule is COC(=O)c1ccc(C(C)(C)C)cc1OC. The number of esters is 1. The van der Waals surface area contributed by atoms with Gasteiger partial charge in [0.1, 0.15) is 11.3 Å². The zero-order valence-corrected chi connectivity index (χ0v) is 10.5. The van der Waals surface area contributed by atoms with Crippen molar-refractivity contribution in [1.82, 2.24) is 0 Å². The van der Waals surface area contributed by atoms with Gasteiger partial charge in [0.05, 0.1) is 14.2 Å². The molecule has 0 unspecified atom stereocenters. The van der Waals surface area contributed by atoms with E-state index >= 15 is 0 Å². The van der Waals surface area contributed by atoms with E-state index in [1.807, 2.05) is 12.1 Å². The van der Waals surface area contributed by atoms with Crippen molar-refractivity contribution in [2.24, 2.45) is 0 Å². The average Bonchev–Trinajstić information content (AvgIpc) is 2.26. The van der Waals surface area contributed by atoms with E-state index in [1.54, 1.807) is 13.2 Å². The lowest BCUT2D eigenvalue weighted by Gasteiger charge is -2.20. The molecule has 1 rings (SSSR count). The zero-order valence-electron chi connectivity index (χ0n) is 10.5. The Morgan fingerprint density at radius 2 is 1.81 bits per heavy atom. The second kappa shape index (κ2) is 4.56. The highest BCUT2D eigenvalue weighted by molar-refractivity contribution is 5.92. The Morgan fingerprint density at radius 1 is 1.19 bits per heavy atom. The van der Waals surface area contributed by atoms with Gasteiger partial charge in [-0.05, 0) is 23.1 Å². The Labute approximate surface area is 96.4 Å². The summed E-state index contributed by atoms with van der Waals surface area (Å²) in [6, 6.07) is 5.55. The second-order valence-corrected chi connectivity index (χ2v) is 4.66. The molecule has 0 radical (unpaired) electrons. The molecular formula is C13H18O3. The van der Waals surface area contributed by atoms with Gasteiger partial charge in [0.25, 0.3) is 0 Å². The second-order valence-electron chi connectivity index (χ2n) is 4.66. The predicted octanol–water partition coefficient (Wildman–Crippen LogP) is 2.78. The molecule has 0 aliphatic rings. The smallest absolute Gasteiger partial charge is 0.341 e. The Balaban J connectivity index is 3.22. The third-order valence-corrected chi connectivity index (χ3v) is 2.47. The van der Waals surface area contributed by atoms with E-state index in [0.717, 1.165) is 5.56 Å². The van der Waals surface area contributed by atoms with Gasteiger partial charge in [0.2, 0.25) is 0 Å². The third-order valence-electron chi connectivity index (χ3n) is 2.47. The fourth-order valence-corrected chi connectivity index (χ4v) is 1.44. The summed E-state index contributed by atoms with van der Waals surface area (Å²) in [5.41, 5.74) is 1.61. The summed E-state index contributed by atoms with van der Waals surface area (Å²) in [5.74, 6) is 0.177. The summed E-state index contributed by atoms with van der Waals surface area (Å²) in [5, 5.41) is 0. The van der Waals surface area contributed by atoms with Gasteiger partial charge in [-0.15, -0.1) is 0 Å². The Hall–Kier alpha value is -1.51. The first-order valence-electron chi connectivity index (χ1n) is 5.17. The molecule has 0 bridgehead atoms. The number of benzene rings is 1. The molecule has 16 heavy (non-hydrogen) atoms. The summed E-state index contributed by atoms with van der Waals surface area (Å²) in [6.07, 6.45) is 0. The predicted molar refractivity (Wildman–Crippen MR) is 63.0 cm³/mol. The first-order chi connectivity index (χ1) is 7.40. The van der Waals surface area contributed by atoms with Crippen molar-refractivity contribution in [2.75, 3.05) is 14.2 Å². The zero-order chi connectivity index (χ0) is 12.3. The molecule has 0 aliphatic carbocycles. The van der Waals surface area contributed by atoms with Gasteiger partial charge in [-0.3, -0.25) is 0 Å². The topological polar surface area (TPSA) is 35.5 Å². The molecule has 88 valence electrons. The minimum absolute atomic E-state index is 0.0297. The lowest BCUT2D eigenvalue weighted by atomic mass is 9.86. The number of hydrogen-bond donors (Lipinski definition) is 0. The van der Waals surface area contributed by atoms with Gasteiger partial charge in [-0.2, -0.15) is 0 Å². The molecule has 0 atom stereocenters. The molecular weight excluding hydrogens is 204 g/mol. The highest BCUT2D eigenvalue weighted by Crippen LogP contribution is 2.28. The van der Waals surface area contributed by atoms with Crippen LogP contribution in [0.1, 0.15) is 36.7 Å². The fourth-order valence-electron chi connectivity index (χ4n) is 1.44. The molecule has 0 aromatic heterocycles. The van der Waals surface area contributed by atoms with Crippen molar-refractivity contribution in [3.63, 3.8) is 0 Å². The summed E-state index contributed by atoms with van der Waals surface area (Å²) in [4.78, 5) is 11.5. The molecule has 0 saturated heterocycles. The van der Waals surface area contributed by atoms with Crippen molar-refractivity contribution < 1.29 is 14.3 Å². The molecule has 0 heterocycles. The quantitative estimate of drug-likeness (QED) is 0.722. The molecule has 0 saturated carbocycles. The third kappa shape index (κ3) is 2.54. The van der Waals surface area contributed by atoms with Crippen LogP contribution in [0.15, 0.2) is 18.2 Å². The van der Waals surface area contributed by atoms with E-state index in [-0.39, 0.29) is 11.4 Å². The van der Waals surface area contributed by atoms with Crippen LogP contribution in [0.4, 0.5) is 0 Å². The molecule has 1 aromatic rings. The van der Waals surface area contributed by atoms with Gasteiger partial charge in [-0.25, -0.2) is 4.79 Å². The molecule has 0 N–H and O–H groups in total. The van der Waals surface area contributed by atoms with Crippen LogP contribution >= 0.6 is 0 Å². The number of carbonyl (C=O) groups is 1. The lowest BCUT2D eigenvalue weighted by molar-refractivity contribution is 0.0597. The maximum Gasteiger partial charge on any atom is 0.341 e. The normalized spacial score (nSPS) is 11.1. The van der Waals surface area contributed by atoms with E-state index in [1.165, 1.54) is 7.11 Å². The van der Waals surface area contributed by atoms with Crippen LogP contribution in [0.25, 0.3) is 0 Å². The average molecular weight is 222 g/mol. The standard InChI is InChI=1S/C13H18O3/c1-13(2,3)9-6-7-10(12(14)16-5)11(8-9)15-4/h6-8H,1-5H3. The maximum atomic E-state index is 11.5. The summed E-state index contributed by atoms with van der Waals surface area (Å²) in [7, 11) is 2.91. The number of methoxy groups -OCH3 is 2. The van der Waals surface area contributed by atoms with Gasteiger partial charge < -0.3 is 9.47 Å². The number of ether oxygens (including phenoxy) is 2. The maximum absolute atomic E-state index is 11.5. The molecule has 0 spiro atoms. The number of hydrogen-bond acceptors (Lipinski definition) is 3. The molecule has 0 fully saturated rings. The Kier molecular flexibility index (Phi) is 3.58. The Morgan fingerprint density at radius 3 is 2.25 bits per heavy atom. The van der Waals surface area contributed by atoms with Crippen LogP contribution in [0.5, 0.6) is 5.75 Å². The molecule has 0 aliphatic heterocycles. The minimum atomic E-state index is -0.377. The van der Waals surface area contributed by atoms with Gasteiger partial charge in [0, 0.05) is 0 Å². The highest BCUT2D eigenvalue weighted by Gasteiger charge is 2.18. The first-order valence-corrected chi connectivity index (χ1v) is 5.17. The van der Waals surface area contributed by atoms with Crippen molar-refractivity contribution >= 4 is 5.97 Å². The van der Waals surface area contributed by atoms with Crippen LogP contribution in [-0.2, 0) is 10.2 Å². The van der Waals surface area contributed by atoms with Crippen molar-refractivity contribution in [2.45, 2.75) is 26.2 Å². The van der Waals surface area contributed by atoms with Crippen molar-refractivity contribution in [3.8, 4) is 5.75 Å². The van der Waals surface area contributed by atoms with Crippen LogP contribution < -0.4 is 4.74 Å². The summed E-state index contributed by atoms with van der Waals surface area (Å²) < 4.78 is 9.89. The van der Waals surface area contributed by atoms with Crippen molar-refractivity contribution in [1.29, 1.82) is 0 Å².